The van der Waals surface area contributed by atoms with E-state index in [0.29, 0.717) is 0 Å². The first kappa shape index (κ1) is 56.9. The summed E-state index contributed by atoms with van der Waals surface area (Å²) in [7, 11) is 0. The SMILES string of the molecule is CC(C)(C)c1ccc(N2B3c4cc(C(C)(C)C)ccc4-n4c5cc6c(cc5c5c7c(c(c3c54)-c3cc4c(cc32)C(C)(C)c2cc(N(c3ccc(C(C)(C)C)cc3)c3ccc(C(C)(C)C)cc3)ccc2-4)-c2ccccc2C7(C)C)C(C)(C)CCC6(C)C)cc1. The van der Waals surface area contributed by atoms with Crippen LogP contribution in [0.25, 0.3) is 60.9 Å². The van der Waals surface area contributed by atoms with Crippen LogP contribution in [0.1, 0.15) is 207 Å². The second-order valence-electron chi connectivity index (χ2n) is 33.7. The molecule has 3 nitrogen and oxygen atoms in total. The average Bonchev–Trinajstić information content (AvgIpc) is 1.42. The van der Waals surface area contributed by atoms with E-state index in [1.165, 1.54) is 157 Å². The van der Waals surface area contributed by atoms with Gasteiger partial charge in [-0.2, -0.15) is 0 Å². The van der Waals surface area contributed by atoms with E-state index in [2.05, 4.69) is 310 Å². The van der Waals surface area contributed by atoms with Gasteiger partial charge in [0.2, 0.25) is 0 Å². The summed E-state index contributed by atoms with van der Waals surface area (Å²) in [6.07, 6.45) is 2.34. The largest absolute Gasteiger partial charge is 0.376 e. The fraction of sp³-hybridized carbons (Fsp3) is 0.357. The van der Waals surface area contributed by atoms with Crippen molar-refractivity contribution in [1.29, 1.82) is 0 Å². The van der Waals surface area contributed by atoms with E-state index in [1.807, 2.05) is 0 Å². The molecule has 0 spiro atoms. The predicted molar refractivity (Wildman–Crippen MR) is 380 cm³/mol. The molecule has 0 saturated heterocycles. The Kier molecular flexibility index (Phi) is 11.7. The van der Waals surface area contributed by atoms with Crippen molar-refractivity contribution in [3.8, 4) is 39.1 Å². The smallest absolute Gasteiger partial charge is 0.333 e. The van der Waals surface area contributed by atoms with Gasteiger partial charge in [-0.3, -0.25) is 0 Å². The summed E-state index contributed by atoms with van der Waals surface area (Å²) in [5.74, 6) is 0. The molecule has 3 heterocycles. The van der Waals surface area contributed by atoms with E-state index in [4.69, 9.17) is 0 Å². The highest BCUT2D eigenvalue weighted by atomic mass is 15.1. The minimum atomic E-state index is -0.340. The third-order valence-corrected chi connectivity index (χ3v) is 22.2. The molecule has 0 radical (unpaired) electrons. The second-order valence-corrected chi connectivity index (χ2v) is 33.7. The zero-order chi connectivity index (χ0) is 62.3. The van der Waals surface area contributed by atoms with Crippen LogP contribution in [0.4, 0.5) is 28.4 Å². The third kappa shape index (κ3) is 8.00. The maximum absolute atomic E-state index is 2.81. The van der Waals surface area contributed by atoms with Gasteiger partial charge in [0.25, 0.3) is 0 Å². The Labute approximate surface area is 526 Å². The van der Waals surface area contributed by atoms with Gasteiger partial charge in [0.1, 0.15) is 0 Å². The lowest BCUT2D eigenvalue weighted by molar-refractivity contribution is 0.332. The topological polar surface area (TPSA) is 11.4 Å². The van der Waals surface area contributed by atoms with Gasteiger partial charge in [0, 0.05) is 61.3 Å². The molecule has 9 aromatic carbocycles. The van der Waals surface area contributed by atoms with E-state index in [0.717, 1.165) is 11.4 Å². The van der Waals surface area contributed by atoms with Gasteiger partial charge in [-0.05, 0) is 219 Å². The van der Waals surface area contributed by atoms with Crippen molar-refractivity contribution >= 4 is 68.0 Å². The summed E-state index contributed by atoms with van der Waals surface area (Å²) in [5, 5.41) is 2.82. The van der Waals surface area contributed by atoms with Crippen LogP contribution in [-0.2, 0) is 43.3 Å². The first-order valence-corrected chi connectivity index (χ1v) is 32.9. The van der Waals surface area contributed by atoms with Crippen molar-refractivity contribution in [2.45, 2.75) is 195 Å². The van der Waals surface area contributed by atoms with Crippen molar-refractivity contribution in [3.63, 3.8) is 0 Å². The summed E-state index contributed by atoms with van der Waals surface area (Å²) in [4.78, 5) is 5.29. The molecular weight excluding hydrogens is 1060 g/mol. The van der Waals surface area contributed by atoms with E-state index < -0.39 is 0 Å². The van der Waals surface area contributed by atoms with Crippen LogP contribution in [0.15, 0.2) is 158 Å². The van der Waals surface area contributed by atoms with Crippen LogP contribution in [0, 0.1) is 0 Å². The number of anilines is 5. The number of rotatable bonds is 4. The molecule has 88 heavy (non-hydrogen) atoms. The quantitative estimate of drug-likeness (QED) is 0.163. The number of benzene rings is 9. The van der Waals surface area contributed by atoms with Gasteiger partial charge < -0.3 is 14.3 Å². The normalized spacial score (nSPS) is 17.1. The van der Waals surface area contributed by atoms with Gasteiger partial charge in [-0.25, -0.2) is 0 Å². The summed E-state index contributed by atoms with van der Waals surface area (Å²) in [5.41, 5.74) is 34.4. The molecule has 0 fully saturated rings. The van der Waals surface area contributed by atoms with Crippen LogP contribution >= 0.6 is 0 Å². The fourth-order valence-corrected chi connectivity index (χ4v) is 16.8. The average molecular weight is 1150 g/mol. The summed E-state index contributed by atoms with van der Waals surface area (Å²) < 4.78 is 2.78. The maximum atomic E-state index is 2.81. The van der Waals surface area contributed by atoms with Crippen molar-refractivity contribution in [1.82, 2.24) is 4.57 Å². The van der Waals surface area contributed by atoms with E-state index >= 15 is 0 Å². The van der Waals surface area contributed by atoms with Crippen LogP contribution in [0.3, 0.4) is 0 Å². The summed E-state index contributed by atoms with van der Waals surface area (Å²) in [6.45, 7) is 47.9. The maximum Gasteiger partial charge on any atom is 0.333 e. The van der Waals surface area contributed by atoms with Gasteiger partial charge in [-0.15, -0.1) is 0 Å². The summed E-state index contributed by atoms with van der Waals surface area (Å²) >= 11 is 0. The standard InChI is InChI=1S/C84H90BN3/c1-77(2,3)49-25-32-53(33-26-49)86(54-34-27-50(28-35-54)78(4,5)6)56-38-39-57-59-45-60-70(47-64(59)83(17,18)63(57)44-56)88(55-36-29-51(30-37-55)79(7,8)9)85-67-43-52(80(10,11)12)31-40-68(67)87-69-48-66-65(81(13,14)41-42-82(66,15)16)46-61(69)73-74-71(72(60)75(85)76(73)87)58-23-21-22-24-62(58)84(74,19)20/h21-40,43-48H,41-42H2,1-20H3. The van der Waals surface area contributed by atoms with Crippen LogP contribution in [0.5, 0.6) is 0 Å². The van der Waals surface area contributed by atoms with Crippen molar-refractivity contribution in [2.75, 3.05) is 9.71 Å². The molecule has 1 aromatic heterocycles. The molecular formula is C84H90BN3. The highest BCUT2D eigenvalue weighted by Crippen LogP contribution is 2.62. The third-order valence-electron chi connectivity index (χ3n) is 22.2. The van der Waals surface area contributed by atoms with E-state index in [-0.39, 0.29) is 50.2 Å². The Morgan fingerprint density at radius 2 is 0.932 bits per heavy atom. The van der Waals surface area contributed by atoms with Gasteiger partial charge in [0.05, 0.1) is 11.0 Å². The molecule has 444 valence electrons. The molecule has 3 aliphatic carbocycles. The zero-order valence-corrected chi connectivity index (χ0v) is 56.3. The molecule has 10 aromatic rings. The number of aromatic nitrogens is 1. The molecule has 0 amide bonds. The van der Waals surface area contributed by atoms with Crippen LogP contribution in [-0.4, -0.2) is 11.4 Å². The minimum Gasteiger partial charge on any atom is -0.376 e. The highest BCUT2D eigenvalue weighted by molar-refractivity contribution is 6.94. The first-order chi connectivity index (χ1) is 41.2. The summed E-state index contributed by atoms with van der Waals surface area (Å²) in [6, 6.07) is 63.5. The number of hydrogen-bond donors (Lipinski definition) is 0. The Balaban J connectivity index is 1.06. The molecule has 0 unspecified atom stereocenters. The lowest BCUT2D eigenvalue weighted by atomic mass is 9.43. The molecule has 0 atom stereocenters. The lowest BCUT2D eigenvalue weighted by Gasteiger charge is -2.44. The van der Waals surface area contributed by atoms with Gasteiger partial charge >= 0.3 is 6.85 Å². The Bertz CT molecular complexity index is 4570. The van der Waals surface area contributed by atoms with Gasteiger partial charge in [-0.1, -0.05) is 217 Å². The van der Waals surface area contributed by atoms with E-state index in [1.54, 1.807) is 0 Å². The molecule has 0 N–H and O–H groups in total. The monoisotopic (exact) mass is 1150 g/mol. The van der Waals surface area contributed by atoms with Gasteiger partial charge in [0.15, 0.2) is 0 Å². The van der Waals surface area contributed by atoms with Crippen LogP contribution in [0.2, 0.25) is 0 Å². The molecule has 4 heteroatoms. The minimum absolute atomic E-state index is 0.00303. The fourth-order valence-electron chi connectivity index (χ4n) is 16.8. The molecule has 0 bridgehead atoms. The van der Waals surface area contributed by atoms with E-state index in [9.17, 15) is 0 Å². The number of hydrogen-bond acceptors (Lipinski definition) is 2. The Morgan fingerprint density at radius 3 is 1.51 bits per heavy atom. The van der Waals surface area contributed by atoms with Crippen molar-refractivity contribution < 1.29 is 0 Å². The number of fused-ring (bicyclic) bond motifs is 17. The molecule has 15 rings (SSSR count). The molecule has 2 aliphatic heterocycles. The van der Waals surface area contributed by atoms with Crippen molar-refractivity contribution in [3.05, 3.63) is 213 Å². The highest BCUT2D eigenvalue weighted by Gasteiger charge is 2.52. The van der Waals surface area contributed by atoms with Crippen molar-refractivity contribution in [2.24, 2.45) is 0 Å². The Morgan fingerprint density at radius 1 is 0.409 bits per heavy atom. The second kappa shape index (κ2) is 18.1. The lowest BCUT2D eigenvalue weighted by Crippen LogP contribution is -2.61. The zero-order valence-electron chi connectivity index (χ0n) is 56.3. The predicted octanol–water partition coefficient (Wildman–Crippen LogP) is 21.6. The first-order valence-electron chi connectivity index (χ1n) is 32.9. The number of nitrogens with zero attached hydrogens (tertiary/aromatic N) is 3. The molecule has 0 saturated carbocycles. The molecule has 5 aliphatic rings. The Hall–Kier alpha value is -7.56. The van der Waals surface area contributed by atoms with Crippen LogP contribution < -0.4 is 20.6 Å².